The molecule has 0 nitrogen and oxygen atoms in total. The molecule has 86 valence electrons. The first kappa shape index (κ1) is 10.8. The van der Waals surface area contributed by atoms with Crippen LogP contribution in [-0.4, -0.2) is 0 Å². The molecule has 0 N–H and O–H groups in total. The number of rotatable bonds is 1. The Morgan fingerprint density at radius 1 is 0.941 bits per heavy atom. The van der Waals surface area contributed by atoms with Crippen LogP contribution in [0.15, 0.2) is 30.3 Å². The third kappa shape index (κ3) is 1.49. The van der Waals surface area contributed by atoms with Crippen molar-refractivity contribution in [2.75, 3.05) is 0 Å². The summed E-state index contributed by atoms with van der Waals surface area (Å²) < 4.78 is 2.91. The van der Waals surface area contributed by atoms with Gasteiger partial charge >= 0.3 is 0 Å². The van der Waals surface area contributed by atoms with Gasteiger partial charge in [-0.3, -0.25) is 0 Å². The lowest BCUT2D eigenvalue weighted by Crippen LogP contribution is -1.84. The predicted octanol–water partition coefficient (Wildman–Crippen LogP) is 5.23. The lowest BCUT2D eigenvalue weighted by Gasteiger charge is -2.03. The van der Waals surface area contributed by atoms with Gasteiger partial charge in [-0.05, 0) is 37.0 Å². The van der Waals surface area contributed by atoms with E-state index >= 15 is 0 Å². The van der Waals surface area contributed by atoms with Crippen LogP contribution in [0, 0.1) is 13.8 Å². The second-order valence-electron chi connectivity index (χ2n) is 4.63. The molecule has 0 aliphatic carbocycles. The molecular formula is C16H16S. The van der Waals surface area contributed by atoms with Gasteiger partial charge in [0.05, 0.1) is 0 Å². The van der Waals surface area contributed by atoms with Gasteiger partial charge < -0.3 is 0 Å². The predicted molar refractivity (Wildman–Crippen MR) is 78.2 cm³/mol. The molecule has 2 aromatic carbocycles. The van der Waals surface area contributed by atoms with E-state index in [2.05, 4.69) is 51.1 Å². The van der Waals surface area contributed by atoms with Crippen LogP contribution in [0.25, 0.3) is 20.2 Å². The van der Waals surface area contributed by atoms with Crippen LogP contribution in [-0.2, 0) is 6.42 Å². The minimum Gasteiger partial charge on any atom is -0.135 e. The third-order valence-corrected chi connectivity index (χ3v) is 5.08. The molecule has 1 aromatic heterocycles. The smallest absolute Gasteiger partial charge is 0.0387 e. The number of fused-ring (bicyclic) bond motifs is 3. The average molecular weight is 240 g/mol. The van der Waals surface area contributed by atoms with E-state index in [1.165, 1.54) is 36.9 Å². The van der Waals surface area contributed by atoms with E-state index in [1.54, 1.807) is 0 Å². The molecule has 0 bridgehead atoms. The van der Waals surface area contributed by atoms with Gasteiger partial charge in [-0.25, -0.2) is 0 Å². The Bertz CT molecular complexity index is 704. The highest BCUT2D eigenvalue weighted by atomic mass is 32.1. The van der Waals surface area contributed by atoms with E-state index in [1.807, 2.05) is 11.3 Å². The fraction of sp³-hybridized carbons (Fsp3) is 0.250. The van der Waals surface area contributed by atoms with Crippen molar-refractivity contribution in [3.63, 3.8) is 0 Å². The van der Waals surface area contributed by atoms with Crippen molar-refractivity contribution in [2.45, 2.75) is 27.2 Å². The molecule has 0 unspecified atom stereocenters. The van der Waals surface area contributed by atoms with Crippen LogP contribution in [0.2, 0.25) is 0 Å². The largest absolute Gasteiger partial charge is 0.135 e. The maximum atomic E-state index is 2.29. The van der Waals surface area contributed by atoms with Crippen molar-refractivity contribution in [3.8, 4) is 0 Å². The molecule has 3 rings (SSSR count). The summed E-state index contributed by atoms with van der Waals surface area (Å²) in [6.45, 7) is 6.69. The molecular weight excluding hydrogens is 224 g/mol. The lowest BCUT2D eigenvalue weighted by atomic mass is 10.0. The summed E-state index contributed by atoms with van der Waals surface area (Å²) in [6.07, 6.45) is 1.12. The van der Waals surface area contributed by atoms with Gasteiger partial charge in [0.1, 0.15) is 0 Å². The number of benzene rings is 2. The second kappa shape index (κ2) is 3.85. The van der Waals surface area contributed by atoms with E-state index in [9.17, 15) is 0 Å². The molecule has 0 radical (unpaired) electrons. The van der Waals surface area contributed by atoms with Crippen LogP contribution >= 0.6 is 11.3 Å². The molecule has 0 atom stereocenters. The average Bonchev–Trinajstić information content (AvgIpc) is 2.71. The highest BCUT2D eigenvalue weighted by Crippen LogP contribution is 2.38. The molecule has 1 heterocycles. The topological polar surface area (TPSA) is 0 Å². The zero-order chi connectivity index (χ0) is 12.0. The highest BCUT2D eigenvalue weighted by molar-refractivity contribution is 7.26. The van der Waals surface area contributed by atoms with Crippen molar-refractivity contribution in [2.24, 2.45) is 0 Å². The number of aryl methyl sites for hydroxylation is 3. The van der Waals surface area contributed by atoms with Gasteiger partial charge in [0.25, 0.3) is 0 Å². The van der Waals surface area contributed by atoms with Crippen LogP contribution in [0.3, 0.4) is 0 Å². The standard InChI is InChI=1S/C16H16S/c1-4-12-8-9-14-13-7-5-6-10(2)15(13)17-16(14)11(12)3/h5-9H,4H2,1-3H3. The summed E-state index contributed by atoms with van der Waals surface area (Å²) in [5, 5.41) is 2.83. The van der Waals surface area contributed by atoms with Crippen LogP contribution in [0.4, 0.5) is 0 Å². The van der Waals surface area contributed by atoms with E-state index < -0.39 is 0 Å². The van der Waals surface area contributed by atoms with Crippen LogP contribution in [0.5, 0.6) is 0 Å². The Hall–Kier alpha value is -1.34. The van der Waals surface area contributed by atoms with Crippen LogP contribution in [0.1, 0.15) is 23.6 Å². The molecule has 1 heteroatoms. The minimum absolute atomic E-state index is 1.12. The van der Waals surface area contributed by atoms with E-state index in [4.69, 9.17) is 0 Å². The zero-order valence-corrected chi connectivity index (χ0v) is 11.3. The van der Waals surface area contributed by atoms with Gasteiger partial charge in [0, 0.05) is 20.2 Å². The van der Waals surface area contributed by atoms with Gasteiger partial charge in [-0.1, -0.05) is 37.3 Å². The maximum Gasteiger partial charge on any atom is 0.0387 e. The molecule has 0 saturated heterocycles. The number of hydrogen-bond donors (Lipinski definition) is 0. The number of thiophene rings is 1. The van der Waals surface area contributed by atoms with Crippen molar-refractivity contribution < 1.29 is 0 Å². The fourth-order valence-corrected chi connectivity index (χ4v) is 3.85. The summed E-state index contributed by atoms with van der Waals surface area (Å²) >= 11 is 1.94. The fourth-order valence-electron chi connectivity index (χ4n) is 2.56. The van der Waals surface area contributed by atoms with Gasteiger partial charge in [0.2, 0.25) is 0 Å². The van der Waals surface area contributed by atoms with Crippen molar-refractivity contribution in [1.29, 1.82) is 0 Å². The minimum atomic E-state index is 1.12. The Kier molecular flexibility index (Phi) is 2.44. The molecule has 0 amide bonds. The first-order chi connectivity index (χ1) is 8.22. The zero-order valence-electron chi connectivity index (χ0n) is 10.5. The van der Waals surface area contributed by atoms with Crippen molar-refractivity contribution in [1.82, 2.24) is 0 Å². The quantitative estimate of drug-likeness (QED) is 0.546. The Morgan fingerprint density at radius 2 is 1.71 bits per heavy atom. The first-order valence-corrected chi connectivity index (χ1v) is 6.94. The molecule has 0 spiro atoms. The molecule has 0 aliphatic heterocycles. The molecule has 0 fully saturated rings. The second-order valence-corrected chi connectivity index (χ2v) is 5.65. The summed E-state index contributed by atoms with van der Waals surface area (Å²) in [5.41, 5.74) is 4.33. The Balaban J connectivity index is 2.51. The summed E-state index contributed by atoms with van der Waals surface area (Å²) in [5.74, 6) is 0. The van der Waals surface area contributed by atoms with Gasteiger partial charge in [-0.15, -0.1) is 11.3 Å². The highest BCUT2D eigenvalue weighted by Gasteiger charge is 2.10. The molecule has 0 aliphatic rings. The maximum absolute atomic E-state index is 2.29. The molecule has 0 saturated carbocycles. The molecule has 3 aromatic rings. The van der Waals surface area contributed by atoms with E-state index in [0.717, 1.165) is 6.42 Å². The normalized spacial score (nSPS) is 11.5. The van der Waals surface area contributed by atoms with E-state index in [0.29, 0.717) is 0 Å². The lowest BCUT2D eigenvalue weighted by molar-refractivity contribution is 1.12. The van der Waals surface area contributed by atoms with Gasteiger partial charge in [-0.2, -0.15) is 0 Å². The van der Waals surface area contributed by atoms with E-state index in [-0.39, 0.29) is 0 Å². The van der Waals surface area contributed by atoms with Gasteiger partial charge in [0.15, 0.2) is 0 Å². The van der Waals surface area contributed by atoms with Crippen molar-refractivity contribution in [3.05, 3.63) is 47.0 Å². The monoisotopic (exact) mass is 240 g/mol. The first-order valence-electron chi connectivity index (χ1n) is 6.12. The summed E-state index contributed by atoms with van der Waals surface area (Å²) in [7, 11) is 0. The Morgan fingerprint density at radius 3 is 2.47 bits per heavy atom. The van der Waals surface area contributed by atoms with Crippen molar-refractivity contribution >= 4 is 31.5 Å². The molecule has 17 heavy (non-hydrogen) atoms. The third-order valence-electron chi connectivity index (χ3n) is 3.61. The summed E-state index contributed by atoms with van der Waals surface area (Å²) in [4.78, 5) is 0. The number of hydrogen-bond acceptors (Lipinski definition) is 1. The SMILES string of the molecule is CCc1ccc2c(sc3c(C)cccc32)c1C. The van der Waals surface area contributed by atoms with Crippen LogP contribution < -0.4 is 0 Å². The summed E-state index contributed by atoms with van der Waals surface area (Å²) in [6, 6.07) is 11.2. The Labute approximate surface area is 106 Å².